The SMILES string of the molecule is NCCCCCCC(=O)N[C@@H](CCC(N)=O)C(=O)O. The van der Waals surface area contributed by atoms with Crippen molar-refractivity contribution in [3.63, 3.8) is 0 Å². The van der Waals surface area contributed by atoms with E-state index in [0.717, 1.165) is 19.3 Å². The molecule has 7 nitrogen and oxygen atoms in total. The first-order valence-corrected chi connectivity index (χ1v) is 6.48. The van der Waals surface area contributed by atoms with Gasteiger partial charge in [-0.3, -0.25) is 9.59 Å². The largest absolute Gasteiger partial charge is 0.480 e. The summed E-state index contributed by atoms with van der Waals surface area (Å²) < 4.78 is 0. The lowest BCUT2D eigenvalue weighted by molar-refractivity contribution is -0.142. The number of aliphatic carboxylic acids is 1. The molecule has 0 aromatic heterocycles. The number of carbonyl (C=O) groups is 3. The number of rotatable bonds is 11. The van der Waals surface area contributed by atoms with Gasteiger partial charge in [0, 0.05) is 12.8 Å². The maximum Gasteiger partial charge on any atom is 0.326 e. The number of carboxylic acids is 1. The number of nitrogens with two attached hydrogens (primary N) is 2. The van der Waals surface area contributed by atoms with Crippen molar-refractivity contribution in [2.75, 3.05) is 6.54 Å². The second-order valence-electron chi connectivity index (χ2n) is 4.42. The number of primary amides is 1. The van der Waals surface area contributed by atoms with Gasteiger partial charge < -0.3 is 21.9 Å². The number of carboxylic acid groups (broad SMARTS) is 1. The molecule has 6 N–H and O–H groups in total. The Labute approximate surface area is 112 Å². The molecule has 7 heteroatoms. The van der Waals surface area contributed by atoms with E-state index < -0.39 is 17.9 Å². The molecule has 0 unspecified atom stereocenters. The maximum absolute atomic E-state index is 11.5. The van der Waals surface area contributed by atoms with Crippen LogP contribution in [0.5, 0.6) is 0 Å². The summed E-state index contributed by atoms with van der Waals surface area (Å²) in [5.41, 5.74) is 10.3. The summed E-state index contributed by atoms with van der Waals surface area (Å²) in [5.74, 6) is -2.05. The third-order valence-corrected chi connectivity index (χ3v) is 2.67. The summed E-state index contributed by atoms with van der Waals surface area (Å²) >= 11 is 0. The zero-order valence-electron chi connectivity index (χ0n) is 11.1. The first-order valence-electron chi connectivity index (χ1n) is 6.48. The van der Waals surface area contributed by atoms with E-state index in [1.807, 2.05) is 0 Å². The van der Waals surface area contributed by atoms with Gasteiger partial charge in [0.05, 0.1) is 0 Å². The Kier molecular flexibility index (Phi) is 9.42. The van der Waals surface area contributed by atoms with Gasteiger partial charge in [-0.1, -0.05) is 12.8 Å². The summed E-state index contributed by atoms with van der Waals surface area (Å²) in [7, 11) is 0. The highest BCUT2D eigenvalue weighted by atomic mass is 16.4. The summed E-state index contributed by atoms with van der Waals surface area (Å²) in [6, 6.07) is -1.05. The zero-order chi connectivity index (χ0) is 14.7. The van der Waals surface area contributed by atoms with Gasteiger partial charge >= 0.3 is 5.97 Å². The summed E-state index contributed by atoms with van der Waals surface area (Å²) in [4.78, 5) is 33.0. The van der Waals surface area contributed by atoms with Gasteiger partial charge in [0.25, 0.3) is 0 Å². The highest BCUT2D eigenvalue weighted by molar-refractivity contribution is 5.84. The van der Waals surface area contributed by atoms with E-state index >= 15 is 0 Å². The molecule has 0 bridgehead atoms. The van der Waals surface area contributed by atoms with Crippen molar-refractivity contribution in [1.82, 2.24) is 5.32 Å². The van der Waals surface area contributed by atoms with Crippen LogP contribution in [0.1, 0.15) is 44.9 Å². The molecule has 0 saturated carbocycles. The molecule has 0 rings (SSSR count). The summed E-state index contributed by atoms with van der Waals surface area (Å²) in [6.07, 6.45) is 3.73. The van der Waals surface area contributed by atoms with Gasteiger partial charge in [-0.2, -0.15) is 0 Å². The third kappa shape index (κ3) is 10.0. The van der Waals surface area contributed by atoms with Crippen molar-refractivity contribution in [1.29, 1.82) is 0 Å². The van der Waals surface area contributed by atoms with E-state index in [4.69, 9.17) is 16.6 Å². The van der Waals surface area contributed by atoms with Gasteiger partial charge in [0.1, 0.15) is 6.04 Å². The van der Waals surface area contributed by atoms with Crippen LogP contribution in [0.2, 0.25) is 0 Å². The molecular weight excluding hydrogens is 250 g/mol. The van der Waals surface area contributed by atoms with Gasteiger partial charge in [0.15, 0.2) is 0 Å². The van der Waals surface area contributed by atoms with Gasteiger partial charge in [-0.25, -0.2) is 4.79 Å². The molecule has 0 aromatic carbocycles. The van der Waals surface area contributed by atoms with Crippen molar-refractivity contribution in [3.8, 4) is 0 Å². The summed E-state index contributed by atoms with van der Waals surface area (Å²) in [5, 5.41) is 11.3. The fraction of sp³-hybridized carbons (Fsp3) is 0.750. The average Bonchev–Trinajstić information content (AvgIpc) is 2.33. The lowest BCUT2D eigenvalue weighted by atomic mass is 10.1. The Morgan fingerprint density at radius 3 is 2.21 bits per heavy atom. The predicted molar refractivity (Wildman–Crippen MR) is 70.1 cm³/mol. The summed E-state index contributed by atoms with van der Waals surface area (Å²) in [6.45, 7) is 0.639. The lowest BCUT2D eigenvalue weighted by Crippen LogP contribution is -2.41. The number of unbranched alkanes of at least 4 members (excludes halogenated alkanes) is 3. The van der Waals surface area contributed by atoms with Gasteiger partial charge in [-0.15, -0.1) is 0 Å². The van der Waals surface area contributed by atoms with Crippen LogP contribution in [-0.4, -0.2) is 35.5 Å². The van der Waals surface area contributed by atoms with Crippen LogP contribution >= 0.6 is 0 Å². The van der Waals surface area contributed by atoms with E-state index in [1.54, 1.807) is 0 Å². The van der Waals surface area contributed by atoms with Crippen molar-refractivity contribution in [2.45, 2.75) is 51.0 Å². The van der Waals surface area contributed by atoms with Crippen molar-refractivity contribution in [2.24, 2.45) is 11.5 Å². The molecule has 0 aromatic rings. The zero-order valence-corrected chi connectivity index (χ0v) is 11.1. The van der Waals surface area contributed by atoms with Crippen LogP contribution in [0.25, 0.3) is 0 Å². The maximum atomic E-state index is 11.5. The second-order valence-corrected chi connectivity index (χ2v) is 4.42. The Morgan fingerprint density at radius 2 is 1.68 bits per heavy atom. The quantitative estimate of drug-likeness (QED) is 0.384. The van der Waals surface area contributed by atoms with Crippen molar-refractivity contribution in [3.05, 3.63) is 0 Å². The van der Waals surface area contributed by atoms with E-state index in [9.17, 15) is 14.4 Å². The average molecular weight is 273 g/mol. The Hall–Kier alpha value is -1.63. The molecule has 0 spiro atoms. The van der Waals surface area contributed by atoms with Gasteiger partial charge in [0.2, 0.25) is 11.8 Å². The van der Waals surface area contributed by atoms with E-state index in [1.165, 1.54) is 0 Å². The van der Waals surface area contributed by atoms with E-state index in [0.29, 0.717) is 13.0 Å². The minimum atomic E-state index is -1.15. The standard InChI is InChI=1S/C12H23N3O4/c13-8-4-2-1-3-5-11(17)15-9(12(18)19)6-7-10(14)16/h9H,1-8,13H2,(H2,14,16)(H,15,17)(H,18,19)/t9-/m0/s1. The second kappa shape index (κ2) is 10.3. The monoisotopic (exact) mass is 273 g/mol. The Balaban J connectivity index is 3.90. The first-order chi connectivity index (χ1) is 8.97. The number of hydrogen-bond donors (Lipinski definition) is 4. The molecule has 110 valence electrons. The smallest absolute Gasteiger partial charge is 0.326 e. The third-order valence-electron chi connectivity index (χ3n) is 2.67. The van der Waals surface area contributed by atoms with Crippen molar-refractivity contribution >= 4 is 17.8 Å². The first kappa shape index (κ1) is 17.4. The fourth-order valence-corrected chi connectivity index (χ4v) is 1.59. The molecule has 0 aliphatic carbocycles. The molecule has 0 heterocycles. The molecule has 0 saturated heterocycles. The lowest BCUT2D eigenvalue weighted by Gasteiger charge is -2.13. The normalized spacial score (nSPS) is 11.8. The number of nitrogens with one attached hydrogen (secondary N) is 1. The molecule has 0 radical (unpaired) electrons. The van der Waals surface area contributed by atoms with E-state index in [2.05, 4.69) is 5.32 Å². The molecule has 0 aliphatic rings. The number of carbonyl (C=O) groups excluding carboxylic acids is 2. The number of amides is 2. The highest BCUT2D eigenvalue weighted by Gasteiger charge is 2.19. The minimum absolute atomic E-state index is 0.0174. The van der Waals surface area contributed by atoms with Crippen LogP contribution in [0.3, 0.4) is 0 Å². The fourth-order valence-electron chi connectivity index (χ4n) is 1.59. The number of hydrogen-bond acceptors (Lipinski definition) is 4. The van der Waals surface area contributed by atoms with Crippen LogP contribution in [0.4, 0.5) is 0 Å². The molecular formula is C12H23N3O4. The molecule has 19 heavy (non-hydrogen) atoms. The minimum Gasteiger partial charge on any atom is -0.480 e. The van der Waals surface area contributed by atoms with Gasteiger partial charge in [-0.05, 0) is 25.8 Å². The van der Waals surface area contributed by atoms with Crippen LogP contribution in [0.15, 0.2) is 0 Å². The van der Waals surface area contributed by atoms with Crippen molar-refractivity contribution < 1.29 is 19.5 Å². The molecule has 0 aliphatic heterocycles. The van der Waals surface area contributed by atoms with Crippen LogP contribution in [0, 0.1) is 0 Å². The Bertz CT molecular complexity index is 307. The van der Waals surface area contributed by atoms with Crippen LogP contribution < -0.4 is 16.8 Å². The predicted octanol–water partition coefficient (Wildman–Crippen LogP) is -0.269. The molecule has 1 atom stereocenters. The van der Waals surface area contributed by atoms with Crippen LogP contribution in [-0.2, 0) is 14.4 Å². The topological polar surface area (TPSA) is 136 Å². The molecule has 0 fully saturated rings. The van der Waals surface area contributed by atoms with E-state index in [-0.39, 0.29) is 25.2 Å². The Morgan fingerprint density at radius 1 is 1.05 bits per heavy atom. The molecule has 2 amide bonds. The highest BCUT2D eigenvalue weighted by Crippen LogP contribution is 2.04.